The number of ether oxygens (including phenoxy) is 1. The summed E-state index contributed by atoms with van der Waals surface area (Å²) in [6.45, 7) is 6.08. The van der Waals surface area contributed by atoms with E-state index in [0.717, 1.165) is 13.0 Å². The van der Waals surface area contributed by atoms with E-state index in [9.17, 15) is 9.90 Å². The van der Waals surface area contributed by atoms with Crippen molar-refractivity contribution >= 4 is 5.91 Å². The minimum atomic E-state index is -0.186. The van der Waals surface area contributed by atoms with Crippen molar-refractivity contribution in [1.82, 2.24) is 10.2 Å². The molecule has 1 heterocycles. The third-order valence-electron chi connectivity index (χ3n) is 3.59. The normalized spacial score (nSPS) is 27.1. The molecule has 1 aliphatic heterocycles. The lowest BCUT2D eigenvalue weighted by atomic mass is 10.0. The summed E-state index contributed by atoms with van der Waals surface area (Å²) in [4.78, 5) is 14.0. The number of likely N-dealkylation sites (tertiary alicyclic amines) is 1. The summed E-state index contributed by atoms with van der Waals surface area (Å²) in [6, 6.07) is -0.0767. The minimum Gasteiger partial charge on any atom is -0.395 e. The Bertz CT molecular complexity index is 248. The number of aliphatic hydroxyl groups is 1. The molecule has 0 aromatic carbocycles. The molecule has 17 heavy (non-hydrogen) atoms. The Morgan fingerprint density at radius 3 is 2.94 bits per heavy atom. The predicted molar refractivity (Wildman–Crippen MR) is 65.7 cm³/mol. The second-order valence-electron chi connectivity index (χ2n) is 4.71. The zero-order valence-electron chi connectivity index (χ0n) is 11.0. The smallest absolute Gasteiger partial charge is 0.237 e. The molecule has 0 aromatic rings. The Labute approximate surface area is 103 Å². The highest BCUT2D eigenvalue weighted by Crippen LogP contribution is 2.25. The van der Waals surface area contributed by atoms with E-state index in [1.54, 1.807) is 7.11 Å². The molecule has 3 unspecified atom stereocenters. The van der Waals surface area contributed by atoms with Gasteiger partial charge in [0.25, 0.3) is 0 Å². The lowest BCUT2D eigenvalue weighted by Crippen LogP contribution is -2.49. The van der Waals surface area contributed by atoms with Crippen molar-refractivity contribution in [3.05, 3.63) is 0 Å². The van der Waals surface area contributed by atoms with Crippen LogP contribution in [0.15, 0.2) is 0 Å². The Balaban J connectivity index is 2.45. The molecule has 1 aliphatic rings. The minimum absolute atomic E-state index is 0.00889. The number of rotatable bonds is 6. The Morgan fingerprint density at radius 2 is 2.35 bits per heavy atom. The highest BCUT2D eigenvalue weighted by Gasteiger charge is 2.35. The van der Waals surface area contributed by atoms with Gasteiger partial charge in [-0.2, -0.15) is 0 Å². The number of nitrogens with zero attached hydrogens (tertiary/aromatic N) is 1. The maximum Gasteiger partial charge on any atom is 0.237 e. The Morgan fingerprint density at radius 1 is 1.65 bits per heavy atom. The second-order valence-corrected chi connectivity index (χ2v) is 4.71. The van der Waals surface area contributed by atoms with Crippen molar-refractivity contribution in [2.24, 2.45) is 5.92 Å². The number of methoxy groups -OCH3 is 1. The van der Waals surface area contributed by atoms with Crippen LogP contribution in [0.5, 0.6) is 0 Å². The van der Waals surface area contributed by atoms with Crippen LogP contribution >= 0.6 is 0 Å². The average molecular weight is 244 g/mol. The van der Waals surface area contributed by atoms with Gasteiger partial charge < -0.3 is 15.2 Å². The van der Waals surface area contributed by atoms with Crippen LogP contribution < -0.4 is 5.32 Å². The van der Waals surface area contributed by atoms with Gasteiger partial charge in [-0.05, 0) is 25.8 Å². The first-order valence-corrected chi connectivity index (χ1v) is 6.25. The van der Waals surface area contributed by atoms with Gasteiger partial charge in [-0.25, -0.2) is 0 Å². The maximum absolute atomic E-state index is 11.9. The fraction of sp³-hybridized carbons (Fsp3) is 0.917. The molecule has 5 nitrogen and oxygen atoms in total. The molecular formula is C12H24N2O3. The summed E-state index contributed by atoms with van der Waals surface area (Å²) in [5, 5.41) is 12.2. The Hall–Kier alpha value is -0.650. The molecule has 1 rings (SSSR count). The van der Waals surface area contributed by atoms with Crippen LogP contribution in [0.25, 0.3) is 0 Å². The quantitative estimate of drug-likeness (QED) is 0.637. The van der Waals surface area contributed by atoms with Gasteiger partial charge in [0.15, 0.2) is 0 Å². The molecule has 1 fully saturated rings. The molecule has 100 valence electrons. The number of hydrogen-bond donors (Lipinski definition) is 2. The predicted octanol–water partition coefficient (Wildman–Crippen LogP) is -0.160. The molecule has 1 amide bonds. The number of carbonyl (C=O) groups excluding carboxylic acids is 1. The summed E-state index contributed by atoms with van der Waals surface area (Å²) in [5.41, 5.74) is 0. The third kappa shape index (κ3) is 3.66. The van der Waals surface area contributed by atoms with Gasteiger partial charge in [0.05, 0.1) is 19.3 Å². The summed E-state index contributed by atoms with van der Waals surface area (Å²) in [5.74, 6) is 0.462. The van der Waals surface area contributed by atoms with E-state index in [4.69, 9.17) is 4.74 Å². The fourth-order valence-electron chi connectivity index (χ4n) is 2.38. The van der Waals surface area contributed by atoms with E-state index in [1.165, 1.54) is 0 Å². The second kappa shape index (κ2) is 6.93. The van der Waals surface area contributed by atoms with Crippen molar-refractivity contribution < 1.29 is 14.6 Å². The van der Waals surface area contributed by atoms with Crippen LogP contribution in [-0.4, -0.2) is 61.4 Å². The summed E-state index contributed by atoms with van der Waals surface area (Å²) in [7, 11) is 1.61. The van der Waals surface area contributed by atoms with Crippen LogP contribution in [-0.2, 0) is 9.53 Å². The number of amides is 1. The molecular weight excluding hydrogens is 220 g/mol. The van der Waals surface area contributed by atoms with Crippen LogP contribution in [0.2, 0.25) is 0 Å². The third-order valence-corrected chi connectivity index (χ3v) is 3.59. The van der Waals surface area contributed by atoms with Gasteiger partial charge in [-0.1, -0.05) is 6.92 Å². The number of carbonyl (C=O) groups is 1. The molecule has 1 saturated heterocycles. The van der Waals surface area contributed by atoms with Crippen LogP contribution in [0.3, 0.4) is 0 Å². The molecule has 0 aliphatic carbocycles. The molecule has 0 bridgehead atoms. The van der Waals surface area contributed by atoms with Crippen molar-refractivity contribution in [1.29, 1.82) is 0 Å². The van der Waals surface area contributed by atoms with Gasteiger partial charge in [0.1, 0.15) is 0 Å². The average Bonchev–Trinajstić information content (AvgIpc) is 2.69. The van der Waals surface area contributed by atoms with Gasteiger partial charge in [0.2, 0.25) is 5.91 Å². The van der Waals surface area contributed by atoms with Crippen molar-refractivity contribution in [3.8, 4) is 0 Å². The number of hydrogen-bond acceptors (Lipinski definition) is 4. The molecule has 3 atom stereocenters. The number of aliphatic hydroxyl groups excluding tert-OH is 1. The van der Waals surface area contributed by atoms with Gasteiger partial charge in [-0.3, -0.25) is 9.69 Å². The van der Waals surface area contributed by atoms with E-state index in [0.29, 0.717) is 19.1 Å². The monoisotopic (exact) mass is 244 g/mol. The van der Waals surface area contributed by atoms with E-state index in [2.05, 4.69) is 17.1 Å². The summed E-state index contributed by atoms with van der Waals surface area (Å²) in [6.07, 6.45) is 1.04. The number of nitrogens with one attached hydrogen (secondary N) is 1. The zero-order valence-corrected chi connectivity index (χ0v) is 11.0. The lowest BCUT2D eigenvalue weighted by Gasteiger charge is -2.30. The van der Waals surface area contributed by atoms with Gasteiger partial charge in [0, 0.05) is 19.7 Å². The first-order valence-electron chi connectivity index (χ1n) is 6.25. The van der Waals surface area contributed by atoms with Crippen molar-refractivity contribution in [2.45, 2.75) is 32.4 Å². The Kier molecular flexibility index (Phi) is 5.88. The van der Waals surface area contributed by atoms with Crippen molar-refractivity contribution in [2.75, 3.05) is 33.4 Å². The van der Waals surface area contributed by atoms with Gasteiger partial charge >= 0.3 is 0 Å². The molecule has 0 saturated carbocycles. The molecule has 0 radical (unpaired) electrons. The summed E-state index contributed by atoms with van der Waals surface area (Å²) < 4.78 is 4.89. The largest absolute Gasteiger partial charge is 0.395 e. The van der Waals surface area contributed by atoms with E-state index in [1.807, 2.05) is 6.92 Å². The van der Waals surface area contributed by atoms with E-state index in [-0.39, 0.29) is 24.6 Å². The van der Waals surface area contributed by atoms with E-state index >= 15 is 0 Å². The maximum atomic E-state index is 11.9. The molecule has 0 aromatic heterocycles. The van der Waals surface area contributed by atoms with Crippen molar-refractivity contribution in [3.63, 3.8) is 0 Å². The SMILES string of the molecule is COCCNC(=O)C(C)N1CCC(C)C1CO. The molecule has 2 N–H and O–H groups in total. The lowest BCUT2D eigenvalue weighted by molar-refractivity contribution is -0.126. The molecule has 5 heteroatoms. The van der Waals surface area contributed by atoms with Crippen LogP contribution in [0.1, 0.15) is 20.3 Å². The van der Waals surface area contributed by atoms with Crippen LogP contribution in [0.4, 0.5) is 0 Å². The first kappa shape index (κ1) is 14.4. The van der Waals surface area contributed by atoms with E-state index < -0.39 is 0 Å². The fourth-order valence-corrected chi connectivity index (χ4v) is 2.38. The highest BCUT2D eigenvalue weighted by atomic mass is 16.5. The van der Waals surface area contributed by atoms with Gasteiger partial charge in [-0.15, -0.1) is 0 Å². The zero-order chi connectivity index (χ0) is 12.8. The first-order chi connectivity index (χ1) is 8.11. The topological polar surface area (TPSA) is 61.8 Å². The standard InChI is InChI=1S/C12H24N2O3/c1-9-4-6-14(11(9)8-15)10(2)12(16)13-5-7-17-3/h9-11,15H,4-8H2,1-3H3,(H,13,16). The highest BCUT2D eigenvalue weighted by molar-refractivity contribution is 5.81. The van der Waals surface area contributed by atoms with Crippen LogP contribution in [0, 0.1) is 5.92 Å². The molecule has 0 spiro atoms. The summed E-state index contributed by atoms with van der Waals surface area (Å²) >= 11 is 0.